The number of benzene rings is 1. The second-order valence-electron chi connectivity index (χ2n) is 8.51. The zero-order chi connectivity index (χ0) is 27.6. The molecule has 0 bridgehead atoms. The van der Waals surface area contributed by atoms with E-state index in [9.17, 15) is 27.2 Å². The number of nitrogen functional groups attached to an aromatic ring is 1. The predicted molar refractivity (Wildman–Crippen MR) is 130 cm³/mol. The minimum absolute atomic E-state index is 0.0122. The summed E-state index contributed by atoms with van der Waals surface area (Å²) < 4.78 is 55.9. The fourth-order valence-corrected chi connectivity index (χ4v) is 3.96. The molecule has 196 valence electrons. The molecule has 0 aliphatic rings. The lowest BCUT2D eigenvalue weighted by atomic mass is 10.1. The molecule has 3 aromatic heterocycles. The van der Waals surface area contributed by atoms with Crippen molar-refractivity contribution in [2.24, 2.45) is 0 Å². The minimum Gasteiger partial charge on any atom is -0.382 e. The highest BCUT2D eigenvalue weighted by Gasteiger charge is 2.37. The van der Waals surface area contributed by atoms with Crippen LogP contribution in [0.25, 0.3) is 22.2 Å². The fraction of sp³-hybridized carbons (Fsp3) is 0.250. The number of hydrogen-bond acceptors (Lipinski definition) is 8. The number of rotatable bonds is 7. The molecule has 4 aromatic rings. The summed E-state index contributed by atoms with van der Waals surface area (Å²) in [5.74, 6) is -0.877. The summed E-state index contributed by atoms with van der Waals surface area (Å²) in [5.41, 5.74) is 2.17. The third kappa shape index (κ3) is 5.31. The van der Waals surface area contributed by atoms with Crippen molar-refractivity contribution in [2.75, 3.05) is 11.1 Å². The van der Waals surface area contributed by atoms with E-state index < -0.39 is 40.4 Å². The Morgan fingerprint density at radius 3 is 2.71 bits per heavy atom. The molecular formula is C24H20F4N8O2. The Balaban J connectivity index is 1.49. The van der Waals surface area contributed by atoms with Crippen LogP contribution < -0.4 is 22.2 Å². The zero-order valence-corrected chi connectivity index (χ0v) is 19.8. The average Bonchev–Trinajstić information content (AvgIpc) is 2.84. The number of nitriles is 1. The van der Waals surface area contributed by atoms with Crippen molar-refractivity contribution >= 4 is 22.3 Å². The van der Waals surface area contributed by atoms with Gasteiger partial charge in [-0.2, -0.15) is 23.5 Å². The van der Waals surface area contributed by atoms with Gasteiger partial charge in [-0.25, -0.2) is 19.5 Å². The lowest BCUT2D eigenvalue weighted by Gasteiger charge is -2.18. The SMILES string of the molecule is CC(CCCn1ccc2cc(-c3ncc(C#N)c(N)n3)c(F)cc2c1=O)Nc1cn[nH]c(=O)c1C(F)(F)F. The Hall–Kier alpha value is -4.80. The third-order valence-electron chi connectivity index (χ3n) is 5.82. The van der Waals surface area contributed by atoms with Gasteiger partial charge in [0.15, 0.2) is 5.82 Å². The number of nitrogens with zero attached hydrogens (tertiary/aromatic N) is 5. The van der Waals surface area contributed by atoms with Crippen molar-refractivity contribution in [1.82, 2.24) is 24.7 Å². The van der Waals surface area contributed by atoms with Crippen molar-refractivity contribution in [3.8, 4) is 17.5 Å². The Kier molecular flexibility index (Phi) is 7.11. The van der Waals surface area contributed by atoms with E-state index in [0.29, 0.717) is 18.2 Å². The van der Waals surface area contributed by atoms with Gasteiger partial charge in [0.05, 0.1) is 29.0 Å². The summed E-state index contributed by atoms with van der Waals surface area (Å²) in [6, 6.07) is 5.45. The van der Waals surface area contributed by atoms with Crippen LogP contribution in [0.2, 0.25) is 0 Å². The van der Waals surface area contributed by atoms with Crippen LogP contribution in [0.5, 0.6) is 0 Å². The van der Waals surface area contributed by atoms with Crippen LogP contribution in [0.15, 0.2) is 46.4 Å². The van der Waals surface area contributed by atoms with E-state index in [0.717, 1.165) is 12.3 Å². The van der Waals surface area contributed by atoms with Gasteiger partial charge in [-0.05, 0) is 43.4 Å². The number of aromatic amines is 1. The number of aryl methyl sites for hydroxylation is 1. The Labute approximate surface area is 211 Å². The standard InChI is InChI=1S/C24H20F4N8O2/c1-12(33-18-11-32-35-22(37)19(18)24(26,27)28)3-2-5-36-6-4-13-7-16(17(25)8-15(13)23(36)38)21-31-10-14(9-29)20(30)34-21/h4,6-8,10-12H,2-3,5H2,1H3,(H2,30,31,34)(H2,33,35,37). The van der Waals surface area contributed by atoms with Crippen LogP contribution in [-0.4, -0.2) is 30.8 Å². The number of hydrogen-bond donors (Lipinski definition) is 3. The largest absolute Gasteiger partial charge is 0.423 e. The van der Waals surface area contributed by atoms with E-state index >= 15 is 0 Å². The molecule has 0 spiro atoms. The van der Waals surface area contributed by atoms with Gasteiger partial charge in [0, 0.05) is 18.8 Å². The molecule has 10 nitrogen and oxygen atoms in total. The van der Waals surface area contributed by atoms with E-state index in [1.807, 2.05) is 6.07 Å². The minimum atomic E-state index is -4.86. The Morgan fingerprint density at radius 1 is 1.26 bits per heavy atom. The summed E-state index contributed by atoms with van der Waals surface area (Å²) >= 11 is 0. The summed E-state index contributed by atoms with van der Waals surface area (Å²) in [4.78, 5) is 32.5. The van der Waals surface area contributed by atoms with Gasteiger partial charge in [-0.1, -0.05) is 0 Å². The first-order valence-electron chi connectivity index (χ1n) is 11.3. The molecule has 1 unspecified atom stereocenters. The lowest BCUT2D eigenvalue weighted by molar-refractivity contribution is -0.138. The van der Waals surface area contributed by atoms with Crippen molar-refractivity contribution in [3.63, 3.8) is 0 Å². The van der Waals surface area contributed by atoms with Crippen LogP contribution in [0.1, 0.15) is 30.9 Å². The van der Waals surface area contributed by atoms with E-state index in [2.05, 4.69) is 20.4 Å². The van der Waals surface area contributed by atoms with Gasteiger partial charge in [-0.3, -0.25) is 9.59 Å². The second-order valence-corrected chi connectivity index (χ2v) is 8.51. The van der Waals surface area contributed by atoms with E-state index in [1.54, 1.807) is 18.1 Å². The third-order valence-corrected chi connectivity index (χ3v) is 5.82. The highest BCUT2D eigenvalue weighted by Crippen LogP contribution is 2.32. The van der Waals surface area contributed by atoms with Crippen LogP contribution in [0, 0.1) is 17.1 Å². The smallest absolute Gasteiger partial charge is 0.382 e. The molecule has 0 aliphatic carbocycles. The van der Waals surface area contributed by atoms with Crippen molar-refractivity contribution in [3.05, 3.63) is 74.4 Å². The van der Waals surface area contributed by atoms with Gasteiger partial charge >= 0.3 is 6.18 Å². The molecule has 4 N–H and O–H groups in total. The van der Waals surface area contributed by atoms with Gasteiger partial charge < -0.3 is 15.6 Å². The normalized spacial score (nSPS) is 12.3. The first-order valence-corrected chi connectivity index (χ1v) is 11.3. The average molecular weight is 528 g/mol. The van der Waals surface area contributed by atoms with Gasteiger partial charge in [-0.15, -0.1) is 0 Å². The molecule has 0 fully saturated rings. The summed E-state index contributed by atoms with van der Waals surface area (Å²) in [6.07, 6.45) is -0.484. The molecule has 0 aliphatic heterocycles. The van der Waals surface area contributed by atoms with Crippen molar-refractivity contribution in [2.45, 2.75) is 38.5 Å². The maximum Gasteiger partial charge on any atom is 0.423 e. The zero-order valence-electron chi connectivity index (χ0n) is 19.8. The number of halogens is 4. The van der Waals surface area contributed by atoms with Gasteiger partial charge in [0.1, 0.15) is 28.8 Å². The number of nitrogens with two attached hydrogens (primary N) is 1. The summed E-state index contributed by atoms with van der Waals surface area (Å²) in [6.45, 7) is 1.86. The van der Waals surface area contributed by atoms with E-state index in [4.69, 9.17) is 11.0 Å². The Morgan fingerprint density at radius 2 is 2.03 bits per heavy atom. The van der Waals surface area contributed by atoms with Crippen LogP contribution >= 0.6 is 0 Å². The topological polar surface area (TPSA) is 155 Å². The van der Waals surface area contributed by atoms with Gasteiger partial charge in [0.2, 0.25) is 0 Å². The first-order chi connectivity index (χ1) is 18.0. The monoisotopic (exact) mass is 528 g/mol. The lowest BCUT2D eigenvalue weighted by Crippen LogP contribution is -2.27. The molecule has 3 heterocycles. The highest BCUT2D eigenvalue weighted by molar-refractivity contribution is 5.86. The molecule has 1 atom stereocenters. The molecule has 1 aromatic carbocycles. The number of aromatic nitrogens is 5. The number of fused-ring (bicyclic) bond motifs is 1. The van der Waals surface area contributed by atoms with Crippen molar-refractivity contribution in [1.29, 1.82) is 5.26 Å². The summed E-state index contributed by atoms with van der Waals surface area (Å²) in [7, 11) is 0. The number of alkyl halides is 3. The molecular weight excluding hydrogens is 508 g/mol. The van der Waals surface area contributed by atoms with Crippen LogP contribution in [-0.2, 0) is 12.7 Å². The van der Waals surface area contributed by atoms with Crippen molar-refractivity contribution < 1.29 is 17.6 Å². The maximum absolute atomic E-state index is 14.9. The second kappa shape index (κ2) is 10.3. The van der Waals surface area contributed by atoms with E-state index in [1.165, 1.54) is 23.0 Å². The molecule has 0 saturated heterocycles. The van der Waals surface area contributed by atoms with Crippen LogP contribution in [0.4, 0.5) is 29.1 Å². The molecule has 4 rings (SSSR count). The highest BCUT2D eigenvalue weighted by atomic mass is 19.4. The number of pyridine rings is 1. The fourth-order valence-electron chi connectivity index (χ4n) is 3.96. The molecule has 14 heteroatoms. The first kappa shape index (κ1) is 26.3. The molecule has 0 saturated carbocycles. The number of H-pyrrole nitrogens is 1. The summed E-state index contributed by atoms with van der Waals surface area (Å²) in [5, 5.41) is 17.4. The van der Waals surface area contributed by atoms with Crippen LogP contribution in [0.3, 0.4) is 0 Å². The Bertz CT molecular complexity index is 1670. The maximum atomic E-state index is 14.9. The molecule has 0 radical (unpaired) electrons. The number of anilines is 2. The quantitative estimate of drug-likeness (QED) is 0.308. The van der Waals surface area contributed by atoms with E-state index in [-0.39, 0.29) is 34.7 Å². The molecule has 0 amide bonds. The predicted octanol–water partition coefficient (Wildman–Crippen LogP) is 3.43. The number of nitrogens with one attached hydrogen (secondary N) is 2. The van der Waals surface area contributed by atoms with Gasteiger partial charge in [0.25, 0.3) is 11.1 Å². The molecule has 38 heavy (non-hydrogen) atoms.